The molecule has 0 heterocycles. The van der Waals surface area contributed by atoms with Gasteiger partial charge in [-0.1, -0.05) is 10.3 Å². The Balaban J connectivity index is 4.82. The fourth-order valence-corrected chi connectivity index (χ4v) is 1.72. The van der Waals surface area contributed by atoms with Gasteiger partial charge in [-0.3, -0.25) is 4.79 Å². The van der Waals surface area contributed by atoms with Gasteiger partial charge in [-0.2, -0.15) is 0 Å². The lowest BCUT2D eigenvalue weighted by Gasteiger charge is -2.31. The molecule has 0 unspecified atom stereocenters. The van der Waals surface area contributed by atoms with Crippen LogP contribution in [0.5, 0.6) is 0 Å². The summed E-state index contributed by atoms with van der Waals surface area (Å²) in [5.41, 5.74) is 0.110. The zero-order chi connectivity index (χ0) is 18.3. The fraction of sp³-hybridized carbons (Fsp3) is 0.800. The van der Waals surface area contributed by atoms with Gasteiger partial charge in [0, 0.05) is 20.0 Å². The van der Waals surface area contributed by atoms with Crippen molar-refractivity contribution in [3.05, 3.63) is 0 Å². The van der Waals surface area contributed by atoms with Gasteiger partial charge in [0.15, 0.2) is 0 Å². The van der Waals surface area contributed by atoms with Crippen molar-refractivity contribution >= 4 is 17.3 Å². The number of amides is 1. The second kappa shape index (κ2) is 8.83. The molecule has 0 aromatic heterocycles. The molecule has 0 aliphatic heterocycles. The first-order chi connectivity index (χ1) is 10.5. The highest BCUT2D eigenvalue weighted by Gasteiger charge is 2.26. The van der Waals surface area contributed by atoms with Crippen LogP contribution in [-0.4, -0.2) is 58.0 Å². The first-order valence-corrected chi connectivity index (χ1v) is 7.61. The van der Waals surface area contributed by atoms with E-state index in [1.54, 1.807) is 13.8 Å². The minimum absolute atomic E-state index is 0.130. The first-order valence-electron chi connectivity index (χ1n) is 7.61. The van der Waals surface area contributed by atoms with Crippen LogP contribution in [0.4, 0.5) is 0 Å². The smallest absolute Gasteiger partial charge is 0.217 e. The molecule has 0 saturated heterocycles. The largest absolute Gasteiger partial charge is 0.411 e. The summed E-state index contributed by atoms with van der Waals surface area (Å²) in [6.45, 7) is 13.5. The monoisotopic (exact) mass is 329 g/mol. The van der Waals surface area contributed by atoms with Crippen LogP contribution in [0.15, 0.2) is 10.3 Å². The third-order valence-corrected chi connectivity index (χ3v) is 4.10. The summed E-state index contributed by atoms with van der Waals surface area (Å²) in [4.78, 5) is 11.4. The Morgan fingerprint density at radius 3 is 1.52 bits per heavy atom. The van der Waals surface area contributed by atoms with E-state index in [4.69, 9.17) is 10.4 Å². The summed E-state index contributed by atoms with van der Waals surface area (Å²) in [5.74, 6) is -0.130. The minimum atomic E-state index is -0.497. The van der Waals surface area contributed by atoms with E-state index in [1.165, 1.54) is 6.92 Å². The normalized spacial score (nSPS) is 14.3. The molecule has 134 valence electrons. The predicted molar refractivity (Wildman–Crippen MR) is 91.6 cm³/mol. The molecule has 0 aliphatic rings. The Kier molecular flexibility index (Phi) is 8.19. The molecule has 0 fully saturated rings. The van der Waals surface area contributed by atoms with Crippen LogP contribution in [-0.2, 0) is 4.79 Å². The van der Waals surface area contributed by atoms with Gasteiger partial charge in [0.1, 0.15) is 0 Å². The quantitative estimate of drug-likeness (QED) is 0.245. The van der Waals surface area contributed by atoms with Gasteiger partial charge >= 0.3 is 0 Å². The summed E-state index contributed by atoms with van der Waals surface area (Å²) in [5, 5.41) is 33.7. The molecule has 0 aromatic carbocycles. The maximum absolute atomic E-state index is 11.4. The molecule has 1 amide bonds. The number of carbonyl (C=O) groups excluding carboxylic acids is 1. The van der Waals surface area contributed by atoms with Gasteiger partial charge < -0.3 is 26.4 Å². The summed E-state index contributed by atoms with van der Waals surface area (Å²) >= 11 is 0. The first kappa shape index (κ1) is 21.3. The van der Waals surface area contributed by atoms with Gasteiger partial charge in [-0.05, 0) is 41.5 Å². The van der Waals surface area contributed by atoms with E-state index in [2.05, 4.69) is 26.3 Å². The second-order valence-corrected chi connectivity index (χ2v) is 6.78. The molecule has 0 radical (unpaired) electrons. The van der Waals surface area contributed by atoms with Crippen LogP contribution in [0.25, 0.3) is 0 Å². The molecular weight excluding hydrogens is 298 g/mol. The topological polar surface area (TPSA) is 118 Å². The molecule has 0 bridgehead atoms. The van der Waals surface area contributed by atoms with Crippen molar-refractivity contribution in [2.45, 2.75) is 65.6 Å². The molecular formula is C15H31N5O3. The average molecular weight is 329 g/mol. The number of oxime groups is 2. The molecule has 0 saturated carbocycles. The van der Waals surface area contributed by atoms with Crippen molar-refractivity contribution in [1.29, 1.82) is 0 Å². The molecule has 0 aliphatic carbocycles. The lowest BCUT2D eigenvalue weighted by Crippen LogP contribution is -2.57. The molecule has 0 aromatic rings. The number of nitrogens with zero attached hydrogens (tertiary/aromatic N) is 2. The van der Waals surface area contributed by atoms with Crippen molar-refractivity contribution in [2.75, 3.05) is 13.1 Å². The van der Waals surface area contributed by atoms with E-state index in [0.29, 0.717) is 24.5 Å². The highest BCUT2D eigenvalue weighted by molar-refractivity contribution is 5.90. The number of rotatable bonds is 9. The van der Waals surface area contributed by atoms with E-state index >= 15 is 0 Å². The third-order valence-electron chi connectivity index (χ3n) is 4.10. The Morgan fingerprint density at radius 2 is 1.26 bits per heavy atom. The number of nitrogens with one attached hydrogen (secondary N) is 3. The van der Waals surface area contributed by atoms with Gasteiger partial charge in [0.05, 0.1) is 28.5 Å². The lowest BCUT2D eigenvalue weighted by atomic mass is 9.98. The van der Waals surface area contributed by atoms with Crippen molar-refractivity contribution in [1.82, 2.24) is 16.0 Å². The zero-order valence-corrected chi connectivity index (χ0v) is 15.2. The summed E-state index contributed by atoms with van der Waals surface area (Å²) in [6.07, 6.45) is 0. The number of hydrogen-bond donors (Lipinski definition) is 5. The second-order valence-electron chi connectivity index (χ2n) is 6.78. The predicted octanol–water partition coefficient (Wildman–Crippen LogP) is 0.928. The Morgan fingerprint density at radius 1 is 0.913 bits per heavy atom. The van der Waals surface area contributed by atoms with Gasteiger partial charge in [-0.25, -0.2) is 0 Å². The highest BCUT2D eigenvalue weighted by Crippen LogP contribution is 2.07. The van der Waals surface area contributed by atoms with Crippen LogP contribution >= 0.6 is 0 Å². The van der Waals surface area contributed by atoms with Crippen LogP contribution in [0.3, 0.4) is 0 Å². The SMILES string of the molecule is CC(=O)NC(CNC(C)(C)/C(C)=N/O)CNC(C)(C)/C(C)=N/O. The Hall–Kier alpha value is -1.67. The third kappa shape index (κ3) is 7.43. The average Bonchev–Trinajstić information content (AvgIpc) is 2.47. The Bertz CT molecular complexity index is 424. The van der Waals surface area contributed by atoms with E-state index in [-0.39, 0.29) is 11.9 Å². The van der Waals surface area contributed by atoms with Gasteiger partial charge in [0.2, 0.25) is 5.91 Å². The van der Waals surface area contributed by atoms with Crippen molar-refractivity contribution in [3.63, 3.8) is 0 Å². The van der Waals surface area contributed by atoms with Crippen molar-refractivity contribution in [2.24, 2.45) is 10.3 Å². The van der Waals surface area contributed by atoms with Gasteiger partial charge in [0.25, 0.3) is 0 Å². The molecule has 8 heteroatoms. The molecule has 23 heavy (non-hydrogen) atoms. The van der Waals surface area contributed by atoms with E-state index in [9.17, 15) is 4.79 Å². The number of hydrogen-bond acceptors (Lipinski definition) is 7. The standard InChI is InChI=1S/C15H31N5O3/c1-10(19-22)14(4,5)16-8-13(18-12(3)21)9-17-15(6,7)11(2)20-23/h13,16-17,22-23H,8-9H2,1-7H3,(H,18,21)/b19-10+,20-11+. The lowest BCUT2D eigenvalue weighted by molar-refractivity contribution is -0.119. The van der Waals surface area contributed by atoms with Crippen LogP contribution in [0.2, 0.25) is 0 Å². The molecule has 8 nitrogen and oxygen atoms in total. The van der Waals surface area contributed by atoms with Crippen LogP contribution < -0.4 is 16.0 Å². The summed E-state index contributed by atoms with van der Waals surface area (Å²) in [6, 6.07) is -0.177. The molecule has 5 N–H and O–H groups in total. The van der Waals surface area contributed by atoms with E-state index < -0.39 is 11.1 Å². The van der Waals surface area contributed by atoms with Crippen LogP contribution in [0, 0.1) is 0 Å². The maximum atomic E-state index is 11.4. The minimum Gasteiger partial charge on any atom is -0.411 e. The molecule has 0 rings (SSSR count). The van der Waals surface area contributed by atoms with Crippen LogP contribution in [0.1, 0.15) is 48.5 Å². The van der Waals surface area contributed by atoms with E-state index in [1.807, 2.05) is 27.7 Å². The summed E-state index contributed by atoms with van der Waals surface area (Å²) < 4.78 is 0. The Labute approximate surface area is 138 Å². The van der Waals surface area contributed by atoms with E-state index in [0.717, 1.165) is 0 Å². The molecule has 0 spiro atoms. The van der Waals surface area contributed by atoms with Gasteiger partial charge in [-0.15, -0.1) is 0 Å². The highest BCUT2D eigenvalue weighted by atomic mass is 16.4. The maximum Gasteiger partial charge on any atom is 0.217 e. The number of carbonyl (C=O) groups is 1. The van der Waals surface area contributed by atoms with Crippen molar-refractivity contribution < 1.29 is 15.2 Å². The zero-order valence-electron chi connectivity index (χ0n) is 15.2. The fourth-order valence-electron chi connectivity index (χ4n) is 1.72. The molecule has 0 atom stereocenters. The summed E-state index contributed by atoms with van der Waals surface area (Å²) in [7, 11) is 0. The van der Waals surface area contributed by atoms with Crippen molar-refractivity contribution in [3.8, 4) is 0 Å².